The molecule has 0 aliphatic heterocycles. The molecule has 0 spiro atoms. The fourth-order valence-electron chi connectivity index (χ4n) is 3.17. The largest absolute Gasteiger partial charge is 0.376 e. The molecule has 2 saturated carbocycles. The van der Waals surface area contributed by atoms with E-state index in [1.54, 1.807) is 0 Å². The predicted octanol–water partition coefficient (Wildman–Crippen LogP) is 3.38. The van der Waals surface area contributed by atoms with E-state index in [4.69, 9.17) is 4.74 Å². The Morgan fingerprint density at radius 3 is 2.54 bits per heavy atom. The van der Waals surface area contributed by atoms with E-state index in [-0.39, 0.29) is 0 Å². The van der Waals surface area contributed by atoms with E-state index >= 15 is 0 Å². The highest BCUT2D eigenvalue weighted by Gasteiger charge is 2.34. The first-order valence-corrected chi connectivity index (χ1v) is 5.91. The van der Waals surface area contributed by atoms with Crippen molar-refractivity contribution in [2.45, 2.75) is 64.6 Å². The third-order valence-electron chi connectivity index (χ3n) is 3.71. The van der Waals surface area contributed by atoms with Gasteiger partial charge in [0.15, 0.2) is 0 Å². The molecule has 2 aliphatic rings. The smallest absolute Gasteiger partial charge is 0.0581 e. The monoisotopic (exact) mass is 182 g/mol. The first-order chi connectivity index (χ1) is 6.25. The highest BCUT2D eigenvalue weighted by Crippen LogP contribution is 2.42. The Morgan fingerprint density at radius 1 is 1.00 bits per heavy atom. The first kappa shape index (κ1) is 9.51. The molecule has 76 valence electrons. The zero-order valence-corrected chi connectivity index (χ0v) is 8.96. The highest BCUT2D eigenvalue weighted by atomic mass is 16.5. The van der Waals surface area contributed by atoms with Gasteiger partial charge in [0.2, 0.25) is 0 Å². The van der Waals surface area contributed by atoms with Crippen LogP contribution in [0.4, 0.5) is 0 Å². The van der Waals surface area contributed by atoms with Crippen molar-refractivity contribution < 1.29 is 4.74 Å². The van der Waals surface area contributed by atoms with Gasteiger partial charge in [-0.25, -0.2) is 0 Å². The van der Waals surface area contributed by atoms with Gasteiger partial charge in [-0.2, -0.15) is 0 Å². The van der Waals surface area contributed by atoms with E-state index in [1.165, 1.54) is 38.5 Å². The van der Waals surface area contributed by atoms with Crippen molar-refractivity contribution >= 4 is 0 Å². The average Bonchev–Trinajstić information content (AvgIpc) is 2.49. The van der Waals surface area contributed by atoms with Gasteiger partial charge in [0.1, 0.15) is 0 Å². The van der Waals surface area contributed by atoms with Crippen molar-refractivity contribution in [1.29, 1.82) is 0 Å². The van der Waals surface area contributed by atoms with E-state index in [0.717, 1.165) is 11.8 Å². The molecule has 0 aromatic heterocycles. The Kier molecular flexibility index (Phi) is 2.92. The molecular formula is C12H22O. The van der Waals surface area contributed by atoms with Crippen molar-refractivity contribution in [1.82, 2.24) is 0 Å². The minimum absolute atomic E-state index is 0.419. The zero-order valence-electron chi connectivity index (χ0n) is 8.96. The Morgan fingerprint density at radius 2 is 1.77 bits per heavy atom. The molecule has 0 heterocycles. The minimum atomic E-state index is 0.419. The van der Waals surface area contributed by atoms with Crippen LogP contribution in [0, 0.1) is 11.8 Å². The number of hydrogen-bond donors (Lipinski definition) is 0. The molecule has 0 amide bonds. The summed E-state index contributed by atoms with van der Waals surface area (Å²) < 4.78 is 5.90. The molecule has 13 heavy (non-hydrogen) atoms. The molecule has 0 N–H and O–H groups in total. The van der Waals surface area contributed by atoms with Crippen LogP contribution in [0.25, 0.3) is 0 Å². The second-order valence-corrected chi connectivity index (χ2v) is 5.07. The lowest BCUT2D eigenvalue weighted by atomic mass is 9.80. The summed E-state index contributed by atoms with van der Waals surface area (Å²) in [6.45, 7) is 4.31. The minimum Gasteiger partial charge on any atom is -0.376 e. The Labute approximate surface area is 81.9 Å². The van der Waals surface area contributed by atoms with E-state index in [1.807, 2.05) is 0 Å². The molecule has 0 saturated heterocycles. The lowest BCUT2D eigenvalue weighted by Gasteiger charge is -2.32. The van der Waals surface area contributed by atoms with Gasteiger partial charge in [-0.1, -0.05) is 19.3 Å². The molecule has 0 aromatic rings. The lowest BCUT2D eigenvalue weighted by Crippen LogP contribution is -2.28. The standard InChI is InChI=1S/C12H22O/c1-9(2)13-12-7-6-10-4-3-5-11(10)8-12/h9-12H,3-8H2,1-2H3. The number of rotatable bonds is 2. The molecule has 1 nitrogen and oxygen atoms in total. The Bertz CT molecular complexity index is 165. The van der Waals surface area contributed by atoms with Crippen LogP contribution in [0.3, 0.4) is 0 Å². The van der Waals surface area contributed by atoms with Gasteiger partial charge in [0.05, 0.1) is 12.2 Å². The molecular weight excluding hydrogens is 160 g/mol. The molecule has 1 heteroatoms. The molecule has 0 bridgehead atoms. The summed E-state index contributed by atoms with van der Waals surface area (Å²) in [5.41, 5.74) is 0. The van der Waals surface area contributed by atoms with Crippen molar-refractivity contribution in [3.63, 3.8) is 0 Å². The summed E-state index contributed by atoms with van der Waals surface area (Å²) in [6.07, 6.45) is 9.55. The summed E-state index contributed by atoms with van der Waals surface area (Å²) in [7, 11) is 0. The lowest BCUT2D eigenvalue weighted by molar-refractivity contribution is -0.0317. The fourth-order valence-corrected chi connectivity index (χ4v) is 3.17. The van der Waals surface area contributed by atoms with E-state index < -0.39 is 0 Å². The number of hydrogen-bond acceptors (Lipinski definition) is 1. The van der Waals surface area contributed by atoms with Crippen LogP contribution in [0.2, 0.25) is 0 Å². The third-order valence-corrected chi connectivity index (χ3v) is 3.71. The van der Waals surface area contributed by atoms with Gasteiger partial charge >= 0.3 is 0 Å². The van der Waals surface area contributed by atoms with Gasteiger partial charge in [0.25, 0.3) is 0 Å². The zero-order chi connectivity index (χ0) is 9.26. The van der Waals surface area contributed by atoms with Crippen LogP contribution in [0.1, 0.15) is 52.4 Å². The topological polar surface area (TPSA) is 9.23 Å². The molecule has 2 rings (SSSR count). The molecule has 0 radical (unpaired) electrons. The van der Waals surface area contributed by atoms with Gasteiger partial charge in [-0.15, -0.1) is 0 Å². The van der Waals surface area contributed by atoms with Gasteiger partial charge < -0.3 is 4.74 Å². The van der Waals surface area contributed by atoms with Gasteiger partial charge in [-0.3, -0.25) is 0 Å². The fraction of sp³-hybridized carbons (Fsp3) is 1.00. The maximum Gasteiger partial charge on any atom is 0.0581 e. The highest BCUT2D eigenvalue weighted by molar-refractivity contribution is 4.85. The summed E-state index contributed by atoms with van der Waals surface area (Å²) in [5, 5.41) is 0. The SMILES string of the molecule is CC(C)OC1CCC2CCCC2C1. The van der Waals surface area contributed by atoms with E-state index in [0.29, 0.717) is 12.2 Å². The maximum absolute atomic E-state index is 5.90. The van der Waals surface area contributed by atoms with Crippen molar-refractivity contribution in [2.24, 2.45) is 11.8 Å². The van der Waals surface area contributed by atoms with Crippen LogP contribution < -0.4 is 0 Å². The summed E-state index contributed by atoms with van der Waals surface area (Å²) in [6, 6.07) is 0. The van der Waals surface area contributed by atoms with Crippen LogP contribution >= 0.6 is 0 Å². The predicted molar refractivity (Wildman–Crippen MR) is 54.7 cm³/mol. The molecule has 2 aliphatic carbocycles. The first-order valence-electron chi connectivity index (χ1n) is 5.91. The summed E-state index contributed by atoms with van der Waals surface area (Å²) >= 11 is 0. The average molecular weight is 182 g/mol. The second-order valence-electron chi connectivity index (χ2n) is 5.07. The van der Waals surface area contributed by atoms with E-state index in [2.05, 4.69) is 13.8 Å². The molecule has 2 fully saturated rings. The van der Waals surface area contributed by atoms with E-state index in [9.17, 15) is 0 Å². The Hall–Kier alpha value is -0.0400. The molecule has 3 atom stereocenters. The van der Waals surface area contributed by atoms with Crippen LogP contribution in [-0.4, -0.2) is 12.2 Å². The van der Waals surface area contributed by atoms with Crippen molar-refractivity contribution in [2.75, 3.05) is 0 Å². The normalized spacial score (nSPS) is 39.5. The van der Waals surface area contributed by atoms with Crippen molar-refractivity contribution in [3.05, 3.63) is 0 Å². The van der Waals surface area contributed by atoms with Gasteiger partial charge in [-0.05, 0) is 44.9 Å². The van der Waals surface area contributed by atoms with Crippen LogP contribution in [0.5, 0.6) is 0 Å². The van der Waals surface area contributed by atoms with Crippen LogP contribution in [0.15, 0.2) is 0 Å². The summed E-state index contributed by atoms with van der Waals surface area (Å²) in [5.74, 6) is 2.07. The van der Waals surface area contributed by atoms with Crippen molar-refractivity contribution in [3.8, 4) is 0 Å². The Balaban J connectivity index is 1.83. The number of ether oxygens (including phenoxy) is 1. The maximum atomic E-state index is 5.90. The summed E-state index contributed by atoms with van der Waals surface area (Å²) in [4.78, 5) is 0. The molecule has 3 unspecified atom stereocenters. The number of fused-ring (bicyclic) bond motifs is 1. The third kappa shape index (κ3) is 2.25. The second kappa shape index (κ2) is 4.00. The van der Waals surface area contributed by atoms with Crippen LogP contribution in [-0.2, 0) is 4.74 Å². The molecule has 0 aromatic carbocycles. The van der Waals surface area contributed by atoms with Gasteiger partial charge in [0, 0.05) is 0 Å². The quantitative estimate of drug-likeness (QED) is 0.636.